The third-order valence-electron chi connectivity index (χ3n) is 3.57. The van der Waals surface area contributed by atoms with E-state index in [2.05, 4.69) is 0 Å². The van der Waals surface area contributed by atoms with Crippen molar-refractivity contribution in [2.45, 2.75) is 40.3 Å². The molecule has 1 aromatic rings. The van der Waals surface area contributed by atoms with Crippen LogP contribution in [0.1, 0.15) is 25.7 Å². The first-order valence-corrected chi connectivity index (χ1v) is 8.47. The van der Waals surface area contributed by atoms with E-state index in [0.717, 1.165) is 12.8 Å². The minimum atomic E-state index is -3.90. The number of rotatable bonds is 3. The maximum atomic E-state index is 12.5. The standard InChI is InChI=1S/C13H16Cl2O3S/c14-13(15,11-8-4-5-9-12(11)16)19(17,18)10-6-2-1-3-7-10/h1-3,6-7,11-12,16H,4-5,8-9H2. The molecule has 106 valence electrons. The third kappa shape index (κ3) is 2.77. The molecule has 2 atom stereocenters. The van der Waals surface area contributed by atoms with E-state index >= 15 is 0 Å². The minimum absolute atomic E-state index is 0.0813. The van der Waals surface area contributed by atoms with Crippen LogP contribution in [0.3, 0.4) is 0 Å². The predicted octanol–water partition coefficient (Wildman–Crippen LogP) is 3.14. The van der Waals surface area contributed by atoms with E-state index in [1.807, 2.05) is 0 Å². The second-order valence-electron chi connectivity index (χ2n) is 4.84. The quantitative estimate of drug-likeness (QED) is 0.870. The summed E-state index contributed by atoms with van der Waals surface area (Å²) in [5, 5.41) is 9.98. The summed E-state index contributed by atoms with van der Waals surface area (Å²) < 4.78 is 23.1. The largest absolute Gasteiger partial charge is 0.393 e. The molecule has 2 rings (SSSR count). The molecule has 0 amide bonds. The Morgan fingerprint density at radius 3 is 2.26 bits per heavy atom. The van der Waals surface area contributed by atoms with Gasteiger partial charge in [0.2, 0.25) is 13.5 Å². The molecule has 1 fully saturated rings. The average molecular weight is 323 g/mol. The number of sulfone groups is 1. The number of hydrogen-bond donors (Lipinski definition) is 1. The van der Waals surface area contributed by atoms with Crippen LogP contribution < -0.4 is 0 Å². The predicted molar refractivity (Wildman–Crippen MR) is 76.0 cm³/mol. The van der Waals surface area contributed by atoms with Gasteiger partial charge in [-0.3, -0.25) is 0 Å². The van der Waals surface area contributed by atoms with Gasteiger partial charge in [-0.25, -0.2) is 8.42 Å². The molecule has 0 radical (unpaired) electrons. The molecular weight excluding hydrogens is 307 g/mol. The van der Waals surface area contributed by atoms with Crippen molar-refractivity contribution in [3.05, 3.63) is 30.3 Å². The zero-order valence-electron chi connectivity index (χ0n) is 10.3. The van der Waals surface area contributed by atoms with Crippen molar-refractivity contribution < 1.29 is 13.5 Å². The van der Waals surface area contributed by atoms with E-state index in [0.29, 0.717) is 12.8 Å². The third-order valence-corrected chi connectivity index (χ3v) is 7.26. The van der Waals surface area contributed by atoms with Crippen LogP contribution in [-0.2, 0) is 9.84 Å². The van der Waals surface area contributed by atoms with Crippen molar-refractivity contribution in [1.29, 1.82) is 0 Å². The zero-order chi connectivity index (χ0) is 14.1. The van der Waals surface area contributed by atoms with Crippen LogP contribution in [0.4, 0.5) is 0 Å². The summed E-state index contributed by atoms with van der Waals surface area (Å²) in [5.74, 6) is -0.658. The fourth-order valence-electron chi connectivity index (χ4n) is 2.46. The number of halogens is 2. The molecule has 1 aromatic carbocycles. The summed E-state index contributed by atoms with van der Waals surface area (Å²) in [6.07, 6.45) is 1.97. The maximum absolute atomic E-state index is 12.5. The van der Waals surface area contributed by atoms with Gasteiger partial charge in [0.25, 0.3) is 0 Å². The first kappa shape index (κ1) is 15.1. The van der Waals surface area contributed by atoms with Crippen molar-refractivity contribution in [3.8, 4) is 0 Å². The SMILES string of the molecule is O=S(=O)(c1ccccc1)C(Cl)(Cl)C1CCCCC1O. The lowest BCUT2D eigenvalue weighted by Gasteiger charge is -2.35. The lowest BCUT2D eigenvalue weighted by molar-refractivity contribution is 0.0714. The molecule has 0 saturated heterocycles. The van der Waals surface area contributed by atoms with Crippen LogP contribution in [0.5, 0.6) is 0 Å². The first-order valence-electron chi connectivity index (χ1n) is 6.23. The average Bonchev–Trinajstić information content (AvgIpc) is 2.40. The zero-order valence-corrected chi connectivity index (χ0v) is 12.6. The highest BCUT2D eigenvalue weighted by Crippen LogP contribution is 2.46. The van der Waals surface area contributed by atoms with E-state index < -0.39 is 25.5 Å². The van der Waals surface area contributed by atoms with E-state index in [-0.39, 0.29) is 4.90 Å². The molecule has 0 heterocycles. The molecule has 0 aliphatic heterocycles. The van der Waals surface area contributed by atoms with Crippen molar-refractivity contribution in [1.82, 2.24) is 0 Å². The first-order chi connectivity index (χ1) is 8.87. The molecule has 0 bridgehead atoms. The highest BCUT2D eigenvalue weighted by molar-refractivity contribution is 7.95. The lowest BCUT2D eigenvalue weighted by Crippen LogP contribution is -2.43. The Hall–Kier alpha value is -0.290. The van der Waals surface area contributed by atoms with Gasteiger partial charge in [0.1, 0.15) is 0 Å². The molecule has 1 N–H and O–H groups in total. The van der Waals surface area contributed by atoms with Crippen molar-refractivity contribution in [2.75, 3.05) is 0 Å². The normalized spacial score (nSPS) is 25.2. The fraction of sp³-hybridized carbons (Fsp3) is 0.538. The Kier molecular flexibility index (Phi) is 4.45. The Labute approximate surface area is 123 Å². The van der Waals surface area contributed by atoms with E-state index in [1.54, 1.807) is 18.2 Å². The van der Waals surface area contributed by atoms with E-state index in [1.165, 1.54) is 12.1 Å². The van der Waals surface area contributed by atoms with Gasteiger partial charge in [-0.05, 0) is 25.0 Å². The van der Waals surface area contributed by atoms with E-state index in [4.69, 9.17) is 23.2 Å². The topological polar surface area (TPSA) is 54.4 Å². The number of aliphatic hydroxyl groups is 1. The van der Waals surface area contributed by atoms with Gasteiger partial charge in [0.05, 0.1) is 11.0 Å². The highest BCUT2D eigenvalue weighted by Gasteiger charge is 2.51. The molecular formula is C13H16Cl2O3S. The van der Waals surface area contributed by atoms with Gasteiger partial charge in [0.15, 0.2) is 0 Å². The summed E-state index contributed by atoms with van der Waals surface area (Å²) in [6, 6.07) is 7.88. The minimum Gasteiger partial charge on any atom is -0.393 e. The molecule has 1 saturated carbocycles. The summed E-state index contributed by atoms with van der Waals surface area (Å²) in [4.78, 5) is 0.0813. The summed E-state index contributed by atoms with van der Waals surface area (Å²) >= 11 is 12.3. The smallest absolute Gasteiger partial charge is 0.227 e. The van der Waals surface area contributed by atoms with Crippen LogP contribution in [0, 0.1) is 5.92 Å². The highest BCUT2D eigenvalue weighted by atomic mass is 35.5. The molecule has 2 unspecified atom stereocenters. The Morgan fingerprint density at radius 2 is 1.68 bits per heavy atom. The fourth-order valence-corrected chi connectivity index (χ4v) is 5.01. The molecule has 0 spiro atoms. The molecule has 1 aliphatic carbocycles. The number of aliphatic hydroxyl groups excluding tert-OH is 1. The second-order valence-corrected chi connectivity index (χ2v) is 8.79. The van der Waals surface area contributed by atoms with Crippen LogP contribution >= 0.6 is 23.2 Å². The summed E-state index contributed by atoms with van der Waals surface area (Å²) in [7, 11) is -3.90. The van der Waals surface area contributed by atoms with Gasteiger partial charge in [-0.15, -0.1) is 0 Å². The molecule has 19 heavy (non-hydrogen) atoms. The van der Waals surface area contributed by atoms with Gasteiger partial charge in [-0.1, -0.05) is 54.2 Å². The number of alkyl halides is 2. The van der Waals surface area contributed by atoms with E-state index in [9.17, 15) is 13.5 Å². The Morgan fingerprint density at radius 1 is 1.11 bits per heavy atom. The Bertz CT molecular complexity index is 528. The monoisotopic (exact) mass is 322 g/mol. The van der Waals surface area contributed by atoms with Gasteiger partial charge < -0.3 is 5.11 Å². The lowest BCUT2D eigenvalue weighted by atomic mass is 9.87. The van der Waals surface area contributed by atoms with Crippen LogP contribution in [0.15, 0.2) is 35.2 Å². The second kappa shape index (κ2) is 5.60. The van der Waals surface area contributed by atoms with Gasteiger partial charge in [0, 0.05) is 5.92 Å². The summed E-state index contributed by atoms with van der Waals surface area (Å²) in [6.45, 7) is 0. The molecule has 6 heteroatoms. The Balaban J connectivity index is 2.38. The van der Waals surface area contributed by atoms with Crippen molar-refractivity contribution in [2.24, 2.45) is 5.92 Å². The molecule has 3 nitrogen and oxygen atoms in total. The van der Waals surface area contributed by atoms with Gasteiger partial charge in [-0.2, -0.15) is 0 Å². The summed E-state index contributed by atoms with van der Waals surface area (Å²) in [5.41, 5.74) is 0. The van der Waals surface area contributed by atoms with Gasteiger partial charge >= 0.3 is 0 Å². The van der Waals surface area contributed by atoms with Crippen molar-refractivity contribution >= 4 is 33.0 Å². The van der Waals surface area contributed by atoms with Crippen LogP contribution in [0.25, 0.3) is 0 Å². The molecule has 0 aromatic heterocycles. The number of benzene rings is 1. The van der Waals surface area contributed by atoms with Crippen LogP contribution in [0.2, 0.25) is 0 Å². The number of hydrogen-bond acceptors (Lipinski definition) is 3. The van der Waals surface area contributed by atoms with Crippen LogP contribution in [-0.4, -0.2) is 23.3 Å². The maximum Gasteiger partial charge on any atom is 0.227 e. The van der Waals surface area contributed by atoms with Crippen molar-refractivity contribution in [3.63, 3.8) is 0 Å². The molecule has 1 aliphatic rings.